The number of rotatable bonds is 4. The molecular formula is C12H16F3NO4S. The van der Waals surface area contributed by atoms with Gasteiger partial charge >= 0.3 is 12.1 Å². The van der Waals surface area contributed by atoms with Gasteiger partial charge in [0.25, 0.3) is 0 Å². The van der Waals surface area contributed by atoms with E-state index in [1.807, 2.05) is 0 Å². The molecule has 120 valence electrons. The first-order chi connectivity index (χ1) is 9.64. The first-order valence-corrected chi connectivity index (χ1v) is 7.36. The van der Waals surface area contributed by atoms with E-state index in [0.717, 1.165) is 11.8 Å². The van der Waals surface area contributed by atoms with Crippen molar-refractivity contribution >= 4 is 28.8 Å². The van der Waals surface area contributed by atoms with Crippen LogP contribution in [0.15, 0.2) is 0 Å². The topological polar surface area (TPSA) is 74.7 Å². The molecule has 5 nitrogen and oxygen atoms in total. The van der Waals surface area contributed by atoms with Crippen molar-refractivity contribution in [1.29, 1.82) is 0 Å². The minimum Gasteiger partial charge on any atom is -0.480 e. The fourth-order valence-corrected chi connectivity index (χ4v) is 2.89. The van der Waals surface area contributed by atoms with E-state index >= 15 is 0 Å². The van der Waals surface area contributed by atoms with E-state index < -0.39 is 40.9 Å². The first kappa shape index (κ1) is 17.8. The van der Waals surface area contributed by atoms with Crippen LogP contribution >= 0.6 is 11.8 Å². The van der Waals surface area contributed by atoms with Crippen LogP contribution in [0.1, 0.15) is 26.2 Å². The summed E-state index contributed by atoms with van der Waals surface area (Å²) in [6, 6.07) is -1.22. The largest absolute Gasteiger partial charge is 0.480 e. The summed E-state index contributed by atoms with van der Waals surface area (Å²) in [5.74, 6) is -5.64. The van der Waals surface area contributed by atoms with Crippen LogP contribution in [0.25, 0.3) is 0 Å². The zero-order valence-electron chi connectivity index (χ0n) is 11.4. The molecule has 1 saturated heterocycles. The van der Waals surface area contributed by atoms with Crippen molar-refractivity contribution in [2.75, 3.05) is 12.3 Å². The third kappa shape index (κ3) is 4.90. The molecule has 9 heteroatoms. The zero-order chi connectivity index (χ0) is 16.2. The van der Waals surface area contributed by atoms with Gasteiger partial charge < -0.3 is 10.0 Å². The number of nitrogens with zero attached hydrogens (tertiary/aromatic N) is 1. The number of carboxylic acid groups (broad SMARTS) is 1. The number of amides is 1. The predicted molar refractivity (Wildman–Crippen MR) is 69.7 cm³/mol. The van der Waals surface area contributed by atoms with Crippen LogP contribution in [0, 0.1) is 5.92 Å². The standard InChI is InChI=1S/C12H16F3NO4S/c1-7(17)21-6-8(12(13,14)15)10(18)16-5-3-2-4-9(16)11(19)20/h8-9H,2-6H2,1H3,(H,19,20). The molecule has 2 atom stereocenters. The monoisotopic (exact) mass is 327 g/mol. The van der Waals surface area contributed by atoms with Gasteiger partial charge in [-0.1, -0.05) is 11.8 Å². The Kier molecular flexibility index (Phi) is 6.06. The lowest BCUT2D eigenvalue weighted by Gasteiger charge is -2.35. The van der Waals surface area contributed by atoms with Crippen molar-refractivity contribution in [1.82, 2.24) is 4.90 Å². The lowest BCUT2D eigenvalue weighted by molar-refractivity contribution is -0.188. The molecule has 0 saturated carbocycles. The molecule has 0 bridgehead atoms. The van der Waals surface area contributed by atoms with Crippen molar-refractivity contribution < 1.29 is 32.7 Å². The summed E-state index contributed by atoms with van der Waals surface area (Å²) in [7, 11) is 0. The second kappa shape index (κ2) is 7.15. The molecule has 0 radical (unpaired) electrons. The number of hydrogen-bond acceptors (Lipinski definition) is 4. The number of hydrogen-bond donors (Lipinski definition) is 1. The third-order valence-electron chi connectivity index (χ3n) is 3.22. The fraction of sp³-hybridized carbons (Fsp3) is 0.750. The van der Waals surface area contributed by atoms with Gasteiger partial charge in [-0.05, 0) is 19.3 Å². The molecule has 1 N–H and O–H groups in total. The highest BCUT2D eigenvalue weighted by Crippen LogP contribution is 2.32. The molecule has 0 aliphatic carbocycles. The Balaban J connectivity index is 2.92. The van der Waals surface area contributed by atoms with E-state index in [4.69, 9.17) is 5.11 Å². The van der Waals surface area contributed by atoms with Gasteiger partial charge in [0, 0.05) is 19.2 Å². The summed E-state index contributed by atoms with van der Waals surface area (Å²) in [4.78, 5) is 34.8. The van der Waals surface area contributed by atoms with Crippen LogP contribution in [0.2, 0.25) is 0 Å². The van der Waals surface area contributed by atoms with Crippen molar-refractivity contribution in [2.24, 2.45) is 5.92 Å². The molecule has 1 aliphatic rings. The minimum atomic E-state index is -4.81. The third-order valence-corrected chi connectivity index (χ3v) is 4.12. The van der Waals surface area contributed by atoms with Crippen molar-refractivity contribution in [2.45, 2.75) is 38.4 Å². The molecule has 1 rings (SSSR count). The van der Waals surface area contributed by atoms with E-state index in [0.29, 0.717) is 24.6 Å². The van der Waals surface area contributed by atoms with E-state index in [-0.39, 0.29) is 13.0 Å². The van der Waals surface area contributed by atoms with Crippen LogP contribution in [0.5, 0.6) is 0 Å². The summed E-state index contributed by atoms with van der Waals surface area (Å²) < 4.78 is 39.0. The predicted octanol–water partition coefficient (Wildman–Crippen LogP) is 1.91. The van der Waals surface area contributed by atoms with Crippen molar-refractivity contribution in [3.63, 3.8) is 0 Å². The number of piperidine rings is 1. The van der Waals surface area contributed by atoms with E-state index in [2.05, 4.69) is 0 Å². The summed E-state index contributed by atoms with van der Waals surface area (Å²) in [6.45, 7) is 1.11. The molecule has 0 spiro atoms. The quantitative estimate of drug-likeness (QED) is 0.854. The van der Waals surface area contributed by atoms with Gasteiger partial charge in [-0.25, -0.2) is 4.79 Å². The summed E-state index contributed by atoms with van der Waals surface area (Å²) in [5.41, 5.74) is 0. The highest BCUT2D eigenvalue weighted by atomic mass is 32.2. The Morgan fingerprint density at radius 3 is 2.43 bits per heavy atom. The molecular weight excluding hydrogens is 311 g/mol. The summed E-state index contributed by atoms with van der Waals surface area (Å²) in [5, 5.41) is 8.50. The van der Waals surface area contributed by atoms with Crippen LogP contribution in [-0.4, -0.2) is 51.5 Å². The summed E-state index contributed by atoms with van der Waals surface area (Å²) >= 11 is 0.414. The Bertz CT molecular complexity index is 427. The lowest BCUT2D eigenvalue weighted by atomic mass is 9.99. The normalized spacial score (nSPS) is 21.0. The Hall–Kier alpha value is -1.25. The lowest BCUT2D eigenvalue weighted by Crippen LogP contribution is -2.53. The van der Waals surface area contributed by atoms with E-state index in [9.17, 15) is 27.6 Å². The number of likely N-dealkylation sites (tertiary alicyclic amines) is 1. The maximum absolute atomic E-state index is 13.0. The van der Waals surface area contributed by atoms with Crippen LogP contribution in [0.3, 0.4) is 0 Å². The first-order valence-electron chi connectivity index (χ1n) is 6.38. The fourth-order valence-electron chi connectivity index (χ4n) is 2.16. The van der Waals surface area contributed by atoms with Crippen LogP contribution < -0.4 is 0 Å². The number of carbonyl (C=O) groups is 3. The number of aliphatic carboxylic acids is 1. The average molecular weight is 327 g/mol. The molecule has 2 unspecified atom stereocenters. The molecule has 1 amide bonds. The van der Waals surface area contributed by atoms with Gasteiger partial charge in [-0.2, -0.15) is 13.2 Å². The second-order valence-corrected chi connectivity index (χ2v) is 5.98. The molecule has 21 heavy (non-hydrogen) atoms. The van der Waals surface area contributed by atoms with Gasteiger partial charge in [0.05, 0.1) is 0 Å². The number of carbonyl (C=O) groups excluding carboxylic acids is 2. The Morgan fingerprint density at radius 2 is 1.95 bits per heavy atom. The Morgan fingerprint density at radius 1 is 1.33 bits per heavy atom. The molecule has 0 aromatic carbocycles. The minimum absolute atomic E-state index is 0.00683. The van der Waals surface area contributed by atoms with E-state index in [1.165, 1.54) is 0 Å². The van der Waals surface area contributed by atoms with Gasteiger partial charge in [0.2, 0.25) is 5.91 Å². The van der Waals surface area contributed by atoms with E-state index in [1.54, 1.807) is 0 Å². The Labute approximate surface area is 123 Å². The number of thioether (sulfide) groups is 1. The molecule has 1 fully saturated rings. The highest BCUT2D eigenvalue weighted by Gasteiger charge is 2.48. The molecule has 0 aromatic heterocycles. The zero-order valence-corrected chi connectivity index (χ0v) is 12.2. The maximum Gasteiger partial charge on any atom is 0.401 e. The maximum atomic E-state index is 13.0. The van der Waals surface area contributed by atoms with Crippen molar-refractivity contribution in [3.05, 3.63) is 0 Å². The molecule has 1 aliphatic heterocycles. The highest BCUT2D eigenvalue weighted by molar-refractivity contribution is 8.13. The van der Waals surface area contributed by atoms with Gasteiger partial charge in [0.1, 0.15) is 12.0 Å². The van der Waals surface area contributed by atoms with Gasteiger partial charge in [0.15, 0.2) is 5.12 Å². The number of alkyl halides is 3. The number of halogens is 3. The number of carboxylic acids is 1. The smallest absolute Gasteiger partial charge is 0.401 e. The van der Waals surface area contributed by atoms with Gasteiger partial charge in [-0.15, -0.1) is 0 Å². The molecule has 0 aromatic rings. The summed E-state index contributed by atoms with van der Waals surface area (Å²) in [6.07, 6.45) is -3.63. The van der Waals surface area contributed by atoms with Crippen molar-refractivity contribution in [3.8, 4) is 0 Å². The average Bonchev–Trinajstić information content (AvgIpc) is 2.36. The van der Waals surface area contributed by atoms with Crippen LogP contribution in [-0.2, 0) is 14.4 Å². The second-order valence-electron chi connectivity index (χ2n) is 4.78. The SMILES string of the molecule is CC(=O)SCC(C(=O)N1CCCCC1C(=O)O)C(F)(F)F. The van der Waals surface area contributed by atoms with Gasteiger partial charge in [-0.3, -0.25) is 9.59 Å². The van der Waals surface area contributed by atoms with Crippen LogP contribution in [0.4, 0.5) is 13.2 Å². The molecule has 1 heterocycles.